The van der Waals surface area contributed by atoms with Crippen LogP contribution < -0.4 is 4.74 Å². The van der Waals surface area contributed by atoms with E-state index in [-0.39, 0.29) is 0 Å². The molecule has 0 saturated carbocycles. The summed E-state index contributed by atoms with van der Waals surface area (Å²) >= 11 is 3.37. The molecule has 0 atom stereocenters. The Hall–Kier alpha value is -1.05. The van der Waals surface area contributed by atoms with Gasteiger partial charge < -0.3 is 4.74 Å². The average molecular weight is 295 g/mol. The number of hydrogen-bond donors (Lipinski definition) is 0. The fourth-order valence-electron chi connectivity index (χ4n) is 2.01. The van der Waals surface area contributed by atoms with Crippen LogP contribution in [0.2, 0.25) is 0 Å². The van der Waals surface area contributed by atoms with Crippen molar-refractivity contribution >= 4 is 15.9 Å². The molecule has 0 aromatic heterocycles. The summed E-state index contributed by atoms with van der Waals surface area (Å²) in [6.45, 7) is 4.02. The molecular weight excluding hydrogens is 280 g/mol. The monoisotopic (exact) mass is 294 g/mol. The van der Waals surface area contributed by atoms with Gasteiger partial charge >= 0.3 is 0 Å². The predicted octanol–water partition coefficient (Wildman–Crippen LogP) is 2.80. The van der Waals surface area contributed by atoms with E-state index in [1.165, 1.54) is 25.9 Å². The molecule has 90 valence electrons. The van der Waals surface area contributed by atoms with Crippen LogP contribution in [0.25, 0.3) is 0 Å². The Bertz CT molecular complexity index is 422. The molecule has 1 aliphatic heterocycles. The van der Waals surface area contributed by atoms with Gasteiger partial charge in [0.15, 0.2) is 0 Å². The number of benzene rings is 1. The molecule has 0 aliphatic carbocycles. The minimum Gasteiger partial charge on any atom is -0.492 e. The van der Waals surface area contributed by atoms with Crippen LogP contribution in [0.1, 0.15) is 18.4 Å². The molecule has 1 aromatic carbocycles. The lowest BCUT2D eigenvalue weighted by molar-refractivity contribution is 0.237. The van der Waals surface area contributed by atoms with E-state index in [9.17, 15) is 0 Å². The van der Waals surface area contributed by atoms with E-state index in [2.05, 4.69) is 26.9 Å². The molecule has 0 radical (unpaired) electrons. The first kappa shape index (κ1) is 12.4. The zero-order chi connectivity index (χ0) is 12.1. The van der Waals surface area contributed by atoms with Crippen molar-refractivity contribution in [3.8, 4) is 11.8 Å². The molecule has 1 heterocycles. The van der Waals surface area contributed by atoms with Crippen molar-refractivity contribution in [3.63, 3.8) is 0 Å². The summed E-state index contributed by atoms with van der Waals surface area (Å²) in [4.78, 5) is 2.41. The number of likely N-dealkylation sites (tertiary alicyclic amines) is 1. The first-order valence-electron chi connectivity index (χ1n) is 5.84. The third kappa shape index (κ3) is 3.72. The highest BCUT2D eigenvalue weighted by Gasteiger charge is 2.10. The van der Waals surface area contributed by atoms with Crippen LogP contribution in [0, 0.1) is 11.3 Å². The van der Waals surface area contributed by atoms with Crippen molar-refractivity contribution in [2.45, 2.75) is 12.8 Å². The Morgan fingerprint density at radius 3 is 2.76 bits per heavy atom. The molecule has 0 unspecified atom stereocenters. The largest absolute Gasteiger partial charge is 0.492 e. The lowest BCUT2D eigenvalue weighted by atomic mass is 10.2. The smallest absolute Gasteiger partial charge is 0.121 e. The molecule has 2 rings (SSSR count). The van der Waals surface area contributed by atoms with Crippen LogP contribution in [0.15, 0.2) is 22.7 Å². The van der Waals surface area contributed by atoms with Gasteiger partial charge in [0.25, 0.3) is 0 Å². The number of hydrogen-bond acceptors (Lipinski definition) is 3. The molecule has 17 heavy (non-hydrogen) atoms. The maximum Gasteiger partial charge on any atom is 0.121 e. The summed E-state index contributed by atoms with van der Waals surface area (Å²) in [5.74, 6) is 0.759. The molecule has 4 heteroatoms. The quantitative estimate of drug-likeness (QED) is 0.857. The Morgan fingerprint density at radius 2 is 2.06 bits per heavy atom. The van der Waals surface area contributed by atoms with Crippen molar-refractivity contribution in [3.05, 3.63) is 28.2 Å². The minimum absolute atomic E-state index is 0.621. The molecule has 0 N–H and O–H groups in total. The predicted molar refractivity (Wildman–Crippen MR) is 70.0 cm³/mol. The summed E-state index contributed by atoms with van der Waals surface area (Å²) in [6, 6.07) is 7.57. The highest BCUT2D eigenvalue weighted by atomic mass is 79.9. The molecule has 0 bridgehead atoms. The number of rotatable bonds is 4. The second-order valence-electron chi connectivity index (χ2n) is 4.18. The maximum absolute atomic E-state index is 8.85. The Morgan fingerprint density at radius 1 is 1.29 bits per heavy atom. The van der Waals surface area contributed by atoms with E-state index in [0.717, 1.165) is 16.8 Å². The molecular formula is C13H15BrN2O. The molecule has 0 amide bonds. The molecule has 1 fully saturated rings. The Balaban J connectivity index is 1.85. The van der Waals surface area contributed by atoms with Gasteiger partial charge in [0.05, 0.1) is 11.6 Å². The maximum atomic E-state index is 8.85. The summed E-state index contributed by atoms with van der Waals surface area (Å²) in [6.07, 6.45) is 2.60. The number of nitriles is 1. The van der Waals surface area contributed by atoms with Crippen LogP contribution in [-0.4, -0.2) is 31.1 Å². The third-order valence-corrected chi connectivity index (χ3v) is 3.33. The first-order chi connectivity index (χ1) is 8.28. The van der Waals surface area contributed by atoms with Gasteiger partial charge in [-0.15, -0.1) is 0 Å². The van der Waals surface area contributed by atoms with E-state index in [4.69, 9.17) is 10.00 Å². The molecule has 0 spiro atoms. The summed E-state index contributed by atoms with van der Waals surface area (Å²) in [7, 11) is 0. The van der Waals surface area contributed by atoms with Gasteiger partial charge in [-0.1, -0.05) is 15.9 Å². The summed E-state index contributed by atoms with van der Waals surface area (Å²) < 4.78 is 6.55. The van der Waals surface area contributed by atoms with Gasteiger partial charge in [-0.2, -0.15) is 5.26 Å². The number of halogens is 1. The highest BCUT2D eigenvalue weighted by Crippen LogP contribution is 2.21. The molecule has 3 nitrogen and oxygen atoms in total. The van der Waals surface area contributed by atoms with Crippen LogP contribution in [0.4, 0.5) is 0 Å². The molecule has 1 saturated heterocycles. The summed E-state index contributed by atoms with van der Waals surface area (Å²) in [5, 5.41) is 8.85. The van der Waals surface area contributed by atoms with E-state index >= 15 is 0 Å². The SMILES string of the molecule is N#Cc1cc(Br)cc(OCCN2CCCC2)c1. The number of nitrogens with zero attached hydrogens (tertiary/aromatic N) is 2. The van der Waals surface area contributed by atoms with Gasteiger partial charge in [-0.25, -0.2) is 0 Å². The van der Waals surface area contributed by atoms with Crippen LogP contribution >= 0.6 is 15.9 Å². The van der Waals surface area contributed by atoms with E-state index in [1.807, 2.05) is 6.07 Å². The van der Waals surface area contributed by atoms with Gasteiger partial charge in [0.1, 0.15) is 12.4 Å². The van der Waals surface area contributed by atoms with Crippen molar-refractivity contribution in [1.82, 2.24) is 4.90 Å². The van der Waals surface area contributed by atoms with Crippen molar-refractivity contribution in [2.24, 2.45) is 0 Å². The topological polar surface area (TPSA) is 36.3 Å². The molecule has 1 aromatic rings. The fraction of sp³-hybridized carbons (Fsp3) is 0.462. The molecule has 1 aliphatic rings. The van der Waals surface area contributed by atoms with Crippen molar-refractivity contribution in [2.75, 3.05) is 26.2 Å². The summed E-state index contributed by atoms with van der Waals surface area (Å²) in [5.41, 5.74) is 0.621. The number of ether oxygens (including phenoxy) is 1. The highest BCUT2D eigenvalue weighted by molar-refractivity contribution is 9.10. The lowest BCUT2D eigenvalue weighted by Crippen LogP contribution is -2.25. The van der Waals surface area contributed by atoms with Crippen LogP contribution in [0.5, 0.6) is 5.75 Å². The Kier molecular flexibility index (Phi) is 4.41. The van der Waals surface area contributed by atoms with Crippen molar-refractivity contribution in [1.29, 1.82) is 5.26 Å². The Labute approximate surface area is 110 Å². The van der Waals surface area contributed by atoms with E-state index < -0.39 is 0 Å². The van der Waals surface area contributed by atoms with Gasteiger partial charge in [-0.3, -0.25) is 4.90 Å². The first-order valence-corrected chi connectivity index (χ1v) is 6.63. The second kappa shape index (κ2) is 6.04. The van der Waals surface area contributed by atoms with Gasteiger partial charge in [0, 0.05) is 11.0 Å². The third-order valence-electron chi connectivity index (χ3n) is 2.88. The van der Waals surface area contributed by atoms with Crippen molar-refractivity contribution < 1.29 is 4.74 Å². The van der Waals surface area contributed by atoms with Gasteiger partial charge in [-0.05, 0) is 44.1 Å². The van der Waals surface area contributed by atoms with Crippen LogP contribution in [-0.2, 0) is 0 Å². The van der Waals surface area contributed by atoms with Crippen LogP contribution in [0.3, 0.4) is 0 Å². The van der Waals surface area contributed by atoms with E-state index in [0.29, 0.717) is 12.2 Å². The normalized spacial score (nSPS) is 15.8. The van der Waals surface area contributed by atoms with Gasteiger partial charge in [0.2, 0.25) is 0 Å². The lowest BCUT2D eigenvalue weighted by Gasteiger charge is -2.15. The zero-order valence-corrected chi connectivity index (χ0v) is 11.2. The average Bonchev–Trinajstić information content (AvgIpc) is 2.81. The standard InChI is InChI=1S/C13H15BrN2O/c14-12-7-11(10-15)8-13(9-12)17-6-5-16-3-1-2-4-16/h7-9H,1-6H2. The van der Waals surface area contributed by atoms with E-state index in [1.54, 1.807) is 12.1 Å². The minimum atomic E-state index is 0.621. The second-order valence-corrected chi connectivity index (χ2v) is 5.10. The zero-order valence-electron chi connectivity index (χ0n) is 9.66. The fourth-order valence-corrected chi connectivity index (χ4v) is 2.48.